The lowest BCUT2D eigenvalue weighted by Crippen LogP contribution is -2.48. The SMILES string of the molecule is CN1C(Cc2ccc(C#N)cc2)C2C(=O)N(Cc3ccccc3)C(=O)C2C1(C)C. The Hall–Kier alpha value is -2.97. The molecule has 0 N–H and O–H groups in total. The molecule has 0 bridgehead atoms. The van der Waals surface area contributed by atoms with Crippen molar-refractivity contribution in [3.05, 3.63) is 71.3 Å². The van der Waals surface area contributed by atoms with E-state index in [4.69, 9.17) is 5.26 Å². The number of nitriles is 1. The fraction of sp³-hybridized carbons (Fsp3) is 0.375. The van der Waals surface area contributed by atoms with Gasteiger partial charge in [-0.15, -0.1) is 0 Å². The Morgan fingerprint density at radius 3 is 2.24 bits per heavy atom. The quantitative estimate of drug-likeness (QED) is 0.757. The number of imide groups is 1. The van der Waals surface area contributed by atoms with Crippen molar-refractivity contribution in [3.63, 3.8) is 0 Å². The van der Waals surface area contributed by atoms with Gasteiger partial charge in [0.15, 0.2) is 0 Å². The van der Waals surface area contributed by atoms with Crippen molar-refractivity contribution >= 4 is 11.8 Å². The number of likely N-dealkylation sites (tertiary alicyclic amines) is 2. The molecule has 2 aromatic rings. The molecule has 2 aliphatic heterocycles. The van der Waals surface area contributed by atoms with Crippen molar-refractivity contribution in [1.82, 2.24) is 9.80 Å². The summed E-state index contributed by atoms with van der Waals surface area (Å²) >= 11 is 0. The van der Waals surface area contributed by atoms with Gasteiger partial charge in [-0.2, -0.15) is 5.26 Å². The van der Waals surface area contributed by atoms with E-state index in [1.54, 1.807) is 12.1 Å². The second-order valence-corrected chi connectivity index (χ2v) is 8.60. The number of likely N-dealkylation sites (N-methyl/N-ethyl adjacent to an activating group) is 1. The van der Waals surface area contributed by atoms with Gasteiger partial charge in [0.25, 0.3) is 0 Å². The maximum atomic E-state index is 13.4. The summed E-state index contributed by atoms with van der Waals surface area (Å²) < 4.78 is 0. The number of carbonyl (C=O) groups excluding carboxylic acids is 2. The molecule has 0 aromatic heterocycles. The van der Waals surface area contributed by atoms with Gasteiger partial charge in [0.2, 0.25) is 11.8 Å². The van der Waals surface area contributed by atoms with Gasteiger partial charge in [0, 0.05) is 11.6 Å². The molecule has 5 nitrogen and oxygen atoms in total. The van der Waals surface area contributed by atoms with Gasteiger partial charge in [-0.3, -0.25) is 19.4 Å². The predicted molar refractivity (Wildman–Crippen MR) is 109 cm³/mol. The Morgan fingerprint density at radius 2 is 1.62 bits per heavy atom. The zero-order chi connectivity index (χ0) is 20.8. The van der Waals surface area contributed by atoms with E-state index in [0.717, 1.165) is 11.1 Å². The number of amides is 2. The summed E-state index contributed by atoms with van der Waals surface area (Å²) in [5, 5.41) is 9.01. The number of rotatable bonds is 4. The van der Waals surface area contributed by atoms with Gasteiger partial charge >= 0.3 is 0 Å². The zero-order valence-electron chi connectivity index (χ0n) is 17.0. The zero-order valence-corrected chi connectivity index (χ0v) is 17.0. The lowest BCUT2D eigenvalue weighted by molar-refractivity contribution is -0.142. The van der Waals surface area contributed by atoms with E-state index in [2.05, 4.69) is 24.8 Å². The number of carbonyl (C=O) groups is 2. The van der Waals surface area contributed by atoms with Crippen LogP contribution in [0.4, 0.5) is 0 Å². The van der Waals surface area contributed by atoms with Crippen LogP contribution in [-0.2, 0) is 22.6 Å². The second-order valence-electron chi connectivity index (χ2n) is 8.60. The Bertz CT molecular complexity index is 975. The number of hydrogen-bond acceptors (Lipinski definition) is 4. The molecule has 29 heavy (non-hydrogen) atoms. The molecule has 2 aromatic carbocycles. The molecule has 2 saturated heterocycles. The monoisotopic (exact) mass is 387 g/mol. The average molecular weight is 387 g/mol. The highest BCUT2D eigenvalue weighted by atomic mass is 16.2. The van der Waals surface area contributed by atoms with E-state index in [1.807, 2.05) is 49.5 Å². The van der Waals surface area contributed by atoms with Crippen molar-refractivity contribution < 1.29 is 9.59 Å². The summed E-state index contributed by atoms with van der Waals surface area (Å²) in [7, 11) is 2.01. The Kier molecular flexibility index (Phi) is 4.76. The van der Waals surface area contributed by atoms with Crippen LogP contribution in [0.3, 0.4) is 0 Å². The van der Waals surface area contributed by atoms with Crippen molar-refractivity contribution in [2.75, 3.05) is 7.05 Å². The van der Waals surface area contributed by atoms with Crippen molar-refractivity contribution in [2.24, 2.45) is 11.8 Å². The van der Waals surface area contributed by atoms with E-state index in [-0.39, 0.29) is 29.7 Å². The van der Waals surface area contributed by atoms with Gasteiger partial charge in [-0.05, 0) is 50.6 Å². The van der Waals surface area contributed by atoms with E-state index >= 15 is 0 Å². The molecular formula is C24H25N3O2. The summed E-state index contributed by atoms with van der Waals surface area (Å²) in [6.45, 7) is 4.44. The van der Waals surface area contributed by atoms with Crippen LogP contribution in [0.15, 0.2) is 54.6 Å². The molecule has 4 rings (SSSR count). The molecule has 0 saturated carbocycles. The first-order chi connectivity index (χ1) is 13.8. The van der Waals surface area contributed by atoms with Gasteiger partial charge in [-0.25, -0.2) is 0 Å². The second kappa shape index (κ2) is 7.13. The van der Waals surface area contributed by atoms with E-state index in [1.165, 1.54) is 4.90 Å². The fourth-order valence-corrected chi connectivity index (χ4v) is 4.91. The number of benzene rings is 2. The van der Waals surface area contributed by atoms with Crippen LogP contribution in [0.25, 0.3) is 0 Å². The third-order valence-corrected chi connectivity index (χ3v) is 6.74. The molecule has 2 amide bonds. The van der Waals surface area contributed by atoms with Crippen LogP contribution >= 0.6 is 0 Å². The molecule has 3 unspecified atom stereocenters. The van der Waals surface area contributed by atoms with E-state index < -0.39 is 5.54 Å². The van der Waals surface area contributed by atoms with E-state index in [9.17, 15) is 9.59 Å². The van der Waals surface area contributed by atoms with E-state index in [0.29, 0.717) is 18.5 Å². The van der Waals surface area contributed by atoms with Crippen LogP contribution in [0.5, 0.6) is 0 Å². The summed E-state index contributed by atoms with van der Waals surface area (Å²) in [4.78, 5) is 30.3. The number of hydrogen-bond donors (Lipinski definition) is 0. The van der Waals surface area contributed by atoms with Gasteiger partial charge in [-0.1, -0.05) is 42.5 Å². The first-order valence-corrected chi connectivity index (χ1v) is 9.95. The van der Waals surface area contributed by atoms with Gasteiger partial charge in [0.05, 0.1) is 30.0 Å². The summed E-state index contributed by atoms with van der Waals surface area (Å²) in [6.07, 6.45) is 0.672. The largest absolute Gasteiger partial charge is 0.296 e. The number of nitrogens with zero attached hydrogens (tertiary/aromatic N) is 3. The molecule has 2 aliphatic rings. The van der Waals surface area contributed by atoms with Crippen LogP contribution in [0, 0.1) is 23.2 Å². The first-order valence-electron chi connectivity index (χ1n) is 9.95. The third-order valence-electron chi connectivity index (χ3n) is 6.74. The molecule has 0 radical (unpaired) electrons. The van der Waals surface area contributed by atoms with Crippen molar-refractivity contribution in [2.45, 2.75) is 38.4 Å². The molecule has 0 aliphatic carbocycles. The maximum Gasteiger partial charge on any atom is 0.235 e. The molecule has 148 valence electrons. The molecular weight excluding hydrogens is 362 g/mol. The highest BCUT2D eigenvalue weighted by Crippen LogP contribution is 2.48. The highest BCUT2D eigenvalue weighted by Gasteiger charge is 2.64. The molecule has 3 atom stereocenters. The molecule has 2 heterocycles. The topological polar surface area (TPSA) is 64.4 Å². The van der Waals surface area contributed by atoms with Crippen LogP contribution in [0.2, 0.25) is 0 Å². The summed E-state index contributed by atoms with van der Waals surface area (Å²) in [5.41, 5.74) is 2.25. The Labute approximate surface area is 171 Å². The lowest BCUT2D eigenvalue weighted by Gasteiger charge is -2.36. The van der Waals surface area contributed by atoms with Gasteiger partial charge < -0.3 is 0 Å². The average Bonchev–Trinajstić information content (AvgIpc) is 3.08. The lowest BCUT2D eigenvalue weighted by atomic mass is 9.81. The molecule has 2 fully saturated rings. The van der Waals surface area contributed by atoms with Gasteiger partial charge in [0.1, 0.15) is 0 Å². The van der Waals surface area contributed by atoms with Crippen LogP contribution < -0.4 is 0 Å². The highest BCUT2D eigenvalue weighted by molar-refractivity contribution is 6.06. The summed E-state index contributed by atoms with van der Waals surface area (Å²) in [6, 6.07) is 19.2. The van der Waals surface area contributed by atoms with Crippen molar-refractivity contribution in [1.29, 1.82) is 5.26 Å². The molecule has 5 heteroatoms. The standard InChI is InChI=1S/C24H25N3O2/c1-24(2)21-20(19(26(24)3)13-16-9-11-17(14-25)12-10-16)22(28)27(23(21)29)15-18-7-5-4-6-8-18/h4-12,19-21H,13,15H2,1-3H3. The predicted octanol–water partition coefficient (Wildman–Crippen LogP) is 2.99. The summed E-state index contributed by atoms with van der Waals surface area (Å²) in [5.74, 6) is -0.822. The smallest absolute Gasteiger partial charge is 0.235 e. The molecule has 0 spiro atoms. The van der Waals surface area contributed by atoms with Crippen molar-refractivity contribution in [3.8, 4) is 6.07 Å². The third kappa shape index (κ3) is 3.14. The Morgan fingerprint density at radius 1 is 0.966 bits per heavy atom. The maximum absolute atomic E-state index is 13.4. The minimum absolute atomic E-state index is 0.0554. The fourth-order valence-electron chi connectivity index (χ4n) is 4.91. The Balaban J connectivity index is 1.63. The number of fused-ring (bicyclic) bond motifs is 1. The minimum Gasteiger partial charge on any atom is -0.296 e. The normalized spacial score (nSPS) is 25.9. The minimum atomic E-state index is -0.403. The first kappa shape index (κ1) is 19.4. The van der Waals surface area contributed by atoms with Crippen LogP contribution in [0.1, 0.15) is 30.5 Å². The van der Waals surface area contributed by atoms with Crippen LogP contribution in [-0.4, -0.2) is 40.2 Å².